The molecule has 1 unspecified atom stereocenters. The average molecular weight is 411 g/mol. The van der Waals surface area contributed by atoms with Crippen LogP contribution in [0.25, 0.3) is 0 Å². The van der Waals surface area contributed by atoms with E-state index >= 15 is 0 Å². The number of aromatic nitrogens is 1. The highest BCUT2D eigenvalue weighted by atomic mass is 32.2. The van der Waals surface area contributed by atoms with Crippen LogP contribution < -0.4 is 10.1 Å². The molecule has 1 aromatic carbocycles. The molecule has 1 saturated heterocycles. The van der Waals surface area contributed by atoms with Crippen LogP contribution in [0.3, 0.4) is 0 Å². The second-order valence-electron chi connectivity index (χ2n) is 6.94. The average Bonchev–Trinajstić information content (AvgIpc) is 2.95. The standard InChI is InChI=1S/C18H19F2N3O4S/c1-22-9-15-17(27-10-12-4-2-3-7-23(12)28(15,25)26)16(22)18(24)21-11-5-6-13(19)14(20)8-11/h5-6,8-9,12H,2-4,7,10H2,1H3,(H,21,24). The number of carbonyl (C=O) groups is 1. The van der Waals surface area contributed by atoms with Crippen molar-refractivity contribution in [2.45, 2.75) is 30.2 Å². The molecule has 1 aromatic heterocycles. The number of amides is 1. The van der Waals surface area contributed by atoms with E-state index in [0.29, 0.717) is 13.0 Å². The van der Waals surface area contributed by atoms with Crippen LogP contribution >= 0.6 is 0 Å². The first-order valence-electron chi connectivity index (χ1n) is 8.89. The van der Waals surface area contributed by atoms with Gasteiger partial charge in [-0.05, 0) is 25.0 Å². The lowest BCUT2D eigenvalue weighted by Gasteiger charge is -2.31. The van der Waals surface area contributed by atoms with Crippen molar-refractivity contribution in [1.29, 1.82) is 0 Å². The second-order valence-corrected chi connectivity index (χ2v) is 8.80. The number of hydrogen-bond donors (Lipinski definition) is 1. The summed E-state index contributed by atoms with van der Waals surface area (Å²) in [6, 6.07) is 2.70. The molecule has 2 aromatic rings. The van der Waals surface area contributed by atoms with Gasteiger partial charge in [-0.2, -0.15) is 4.31 Å². The minimum atomic E-state index is -3.80. The number of benzene rings is 1. The van der Waals surface area contributed by atoms with Crippen molar-refractivity contribution >= 4 is 21.6 Å². The number of carbonyl (C=O) groups excluding carboxylic acids is 1. The Morgan fingerprint density at radius 2 is 2.04 bits per heavy atom. The van der Waals surface area contributed by atoms with E-state index in [2.05, 4.69) is 5.32 Å². The molecule has 150 valence electrons. The molecule has 2 aliphatic rings. The zero-order valence-electron chi connectivity index (χ0n) is 15.1. The van der Waals surface area contributed by atoms with Crippen molar-refractivity contribution in [1.82, 2.24) is 8.87 Å². The predicted molar refractivity (Wildman–Crippen MR) is 96.8 cm³/mol. The third kappa shape index (κ3) is 3.06. The largest absolute Gasteiger partial charge is 0.488 e. The molecule has 1 amide bonds. The maximum absolute atomic E-state index is 13.4. The van der Waals surface area contributed by atoms with E-state index in [-0.39, 0.29) is 34.7 Å². The number of rotatable bonds is 2. The van der Waals surface area contributed by atoms with Crippen LogP contribution in [-0.4, -0.2) is 42.4 Å². The summed E-state index contributed by atoms with van der Waals surface area (Å²) in [4.78, 5) is 12.7. The Kier molecular flexibility index (Phi) is 4.62. The molecule has 0 aliphatic carbocycles. The molecule has 28 heavy (non-hydrogen) atoms. The van der Waals surface area contributed by atoms with Gasteiger partial charge >= 0.3 is 0 Å². The van der Waals surface area contributed by atoms with Crippen LogP contribution in [-0.2, 0) is 17.1 Å². The Bertz CT molecular complexity index is 1050. The normalized spacial score (nSPS) is 21.2. The van der Waals surface area contributed by atoms with Crippen LogP contribution in [0.2, 0.25) is 0 Å². The first-order chi connectivity index (χ1) is 13.3. The minimum absolute atomic E-state index is 0.00292. The Labute approximate surface area is 160 Å². The topological polar surface area (TPSA) is 80.6 Å². The maximum Gasteiger partial charge on any atom is 0.276 e. The van der Waals surface area contributed by atoms with E-state index in [0.717, 1.165) is 25.0 Å². The summed E-state index contributed by atoms with van der Waals surface area (Å²) in [6.45, 7) is 0.572. The van der Waals surface area contributed by atoms with E-state index in [9.17, 15) is 22.0 Å². The first-order valence-corrected chi connectivity index (χ1v) is 10.3. The molecule has 0 spiro atoms. The van der Waals surface area contributed by atoms with E-state index in [1.54, 1.807) is 0 Å². The van der Waals surface area contributed by atoms with Crippen molar-refractivity contribution in [3.05, 3.63) is 41.7 Å². The van der Waals surface area contributed by atoms with Crippen LogP contribution in [0.1, 0.15) is 29.8 Å². The molecule has 3 heterocycles. The van der Waals surface area contributed by atoms with Crippen molar-refractivity contribution < 1.29 is 26.7 Å². The lowest BCUT2D eigenvalue weighted by Crippen LogP contribution is -2.45. The summed E-state index contributed by atoms with van der Waals surface area (Å²) in [7, 11) is -2.27. The van der Waals surface area contributed by atoms with Gasteiger partial charge in [-0.15, -0.1) is 0 Å². The van der Waals surface area contributed by atoms with Gasteiger partial charge in [0.2, 0.25) is 10.0 Å². The fourth-order valence-corrected chi connectivity index (χ4v) is 5.55. The molecule has 0 radical (unpaired) electrons. The van der Waals surface area contributed by atoms with Gasteiger partial charge in [0.15, 0.2) is 23.1 Å². The molecule has 1 N–H and O–H groups in total. The summed E-state index contributed by atoms with van der Waals surface area (Å²) < 4.78 is 61.3. The second kappa shape index (κ2) is 6.85. The van der Waals surface area contributed by atoms with Gasteiger partial charge in [0, 0.05) is 31.5 Å². The van der Waals surface area contributed by atoms with Crippen molar-refractivity contribution in [3.8, 4) is 5.75 Å². The Hall–Kier alpha value is -2.46. The summed E-state index contributed by atoms with van der Waals surface area (Å²) in [5, 5.41) is 2.46. The number of ether oxygens (including phenoxy) is 1. The summed E-state index contributed by atoms with van der Waals surface area (Å²) in [6.07, 6.45) is 3.75. The number of halogens is 2. The molecule has 0 saturated carbocycles. The molecular weight excluding hydrogens is 392 g/mol. The van der Waals surface area contributed by atoms with E-state index in [1.165, 1.54) is 28.2 Å². The number of nitrogens with one attached hydrogen (secondary N) is 1. The summed E-state index contributed by atoms with van der Waals surface area (Å²) >= 11 is 0. The predicted octanol–water partition coefficient (Wildman–Crippen LogP) is 2.49. The van der Waals surface area contributed by atoms with E-state index in [1.807, 2.05) is 0 Å². The molecule has 7 nitrogen and oxygen atoms in total. The zero-order valence-corrected chi connectivity index (χ0v) is 15.9. The van der Waals surface area contributed by atoms with Gasteiger partial charge in [0.1, 0.15) is 11.5 Å². The van der Waals surface area contributed by atoms with Gasteiger partial charge in [-0.1, -0.05) is 6.42 Å². The van der Waals surface area contributed by atoms with E-state index in [4.69, 9.17) is 4.74 Å². The maximum atomic E-state index is 13.4. The van der Waals surface area contributed by atoms with Gasteiger partial charge in [0.05, 0.1) is 6.04 Å². The smallest absolute Gasteiger partial charge is 0.276 e. The van der Waals surface area contributed by atoms with Crippen molar-refractivity contribution in [2.75, 3.05) is 18.5 Å². The molecule has 0 bridgehead atoms. The first kappa shape index (κ1) is 18.9. The van der Waals surface area contributed by atoms with E-state index < -0.39 is 27.6 Å². The monoisotopic (exact) mass is 411 g/mol. The molecule has 2 aliphatic heterocycles. The fourth-order valence-electron chi connectivity index (χ4n) is 3.69. The van der Waals surface area contributed by atoms with Crippen molar-refractivity contribution in [3.63, 3.8) is 0 Å². The number of aryl methyl sites for hydroxylation is 1. The Morgan fingerprint density at radius 1 is 1.25 bits per heavy atom. The van der Waals surface area contributed by atoms with Gasteiger partial charge in [-0.3, -0.25) is 4.79 Å². The number of hydrogen-bond acceptors (Lipinski definition) is 4. The SMILES string of the molecule is Cn1cc2c(c1C(=O)Nc1ccc(F)c(F)c1)OCC1CCCCN1S2(=O)=O. The minimum Gasteiger partial charge on any atom is -0.488 e. The third-order valence-electron chi connectivity index (χ3n) is 5.07. The van der Waals surface area contributed by atoms with Crippen molar-refractivity contribution in [2.24, 2.45) is 7.05 Å². The molecule has 10 heteroatoms. The van der Waals surface area contributed by atoms with Gasteiger partial charge < -0.3 is 14.6 Å². The van der Waals surface area contributed by atoms with Gasteiger partial charge in [-0.25, -0.2) is 17.2 Å². The third-order valence-corrected chi connectivity index (χ3v) is 7.02. The lowest BCUT2D eigenvalue weighted by molar-refractivity contribution is 0.101. The number of anilines is 1. The van der Waals surface area contributed by atoms with Crippen LogP contribution in [0, 0.1) is 11.6 Å². The molecule has 1 fully saturated rings. The van der Waals surface area contributed by atoms with Crippen LogP contribution in [0.5, 0.6) is 5.75 Å². The summed E-state index contributed by atoms with van der Waals surface area (Å²) in [5.74, 6) is -2.82. The molecule has 1 atom stereocenters. The van der Waals surface area contributed by atoms with Gasteiger partial charge in [0.25, 0.3) is 5.91 Å². The highest BCUT2D eigenvalue weighted by molar-refractivity contribution is 7.89. The Balaban J connectivity index is 1.71. The quantitative estimate of drug-likeness (QED) is 0.824. The number of sulfonamides is 1. The number of fused-ring (bicyclic) bond motifs is 2. The zero-order chi connectivity index (χ0) is 20.1. The molecule has 4 rings (SSSR count). The highest BCUT2D eigenvalue weighted by Gasteiger charge is 2.41. The molecular formula is C18H19F2N3O4S. The van der Waals surface area contributed by atoms with Crippen LogP contribution in [0.15, 0.2) is 29.3 Å². The van der Waals surface area contributed by atoms with Crippen LogP contribution in [0.4, 0.5) is 14.5 Å². The lowest BCUT2D eigenvalue weighted by atomic mass is 10.1. The fraction of sp³-hybridized carbons (Fsp3) is 0.389. The summed E-state index contributed by atoms with van der Waals surface area (Å²) in [5.41, 5.74) is 0.0518. The highest BCUT2D eigenvalue weighted by Crippen LogP contribution is 2.38. The Morgan fingerprint density at radius 3 is 2.79 bits per heavy atom. The number of piperidine rings is 1. The number of nitrogens with zero attached hydrogens (tertiary/aromatic N) is 2.